The molecule has 1 aromatic heterocycles. The molecule has 0 spiro atoms. The van der Waals surface area contributed by atoms with Crippen LogP contribution in [0.3, 0.4) is 0 Å². The number of hydrogen-bond acceptors (Lipinski definition) is 3. The Morgan fingerprint density at radius 3 is 2.70 bits per heavy atom. The molecule has 4 heteroatoms. The molecular formula is C16H19BrN2S. The maximum atomic E-state index is 6.11. The first-order valence-corrected chi connectivity index (χ1v) is 8.74. The van der Waals surface area contributed by atoms with Gasteiger partial charge in [-0.3, -0.25) is 4.90 Å². The number of hydrogen-bond donors (Lipinski definition) is 1. The molecule has 2 nitrogen and oxygen atoms in total. The van der Waals surface area contributed by atoms with Crippen LogP contribution in [-0.4, -0.2) is 17.5 Å². The molecule has 1 aliphatic carbocycles. The topological polar surface area (TPSA) is 29.3 Å². The van der Waals surface area contributed by atoms with Crippen molar-refractivity contribution >= 4 is 27.3 Å². The molecule has 0 aliphatic heterocycles. The minimum absolute atomic E-state index is 0.290. The maximum absolute atomic E-state index is 6.11. The van der Waals surface area contributed by atoms with Gasteiger partial charge in [-0.2, -0.15) is 11.3 Å². The molecule has 20 heavy (non-hydrogen) atoms. The van der Waals surface area contributed by atoms with Crippen LogP contribution in [0.4, 0.5) is 0 Å². The lowest BCUT2D eigenvalue weighted by Crippen LogP contribution is -2.35. The van der Waals surface area contributed by atoms with Gasteiger partial charge in [0.2, 0.25) is 0 Å². The van der Waals surface area contributed by atoms with Gasteiger partial charge >= 0.3 is 0 Å². The molecule has 1 fully saturated rings. The largest absolute Gasteiger partial charge is 0.329 e. The average molecular weight is 351 g/mol. The highest BCUT2D eigenvalue weighted by atomic mass is 79.9. The molecular weight excluding hydrogens is 332 g/mol. The zero-order valence-corrected chi connectivity index (χ0v) is 13.7. The zero-order chi connectivity index (χ0) is 13.9. The Labute approximate surface area is 132 Å². The molecule has 1 aliphatic rings. The van der Waals surface area contributed by atoms with Crippen molar-refractivity contribution < 1.29 is 0 Å². The summed E-state index contributed by atoms with van der Waals surface area (Å²) in [4.78, 5) is 2.57. The summed E-state index contributed by atoms with van der Waals surface area (Å²) in [5, 5.41) is 4.39. The fourth-order valence-electron chi connectivity index (χ4n) is 2.68. The van der Waals surface area contributed by atoms with Crippen molar-refractivity contribution in [1.29, 1.82) is 0 Å². The Morgan fingerprint density at radius 2 is 2.10 bits per heavy atom. The number of halogens is 1. The molecule has 0 amide bonds. The van der Waals surface area contributed by atoms with Crippen LogP contribution < -0.4 is 5.73 Å². The molecule has 0 radical (unpaired) electrons. The van der Waals surface area contributed by atoms with Crippen LogP contribution in [0, 0.1) is 0 Å². The summed E-state index contributed by atoms with van der Waals surface area (Å²) < 4.78 is 1.16. The van der Waals surface area contributed by atoms with Gasteiger partial charge in [0, 0.05) is 29.6 Å². The van der Waals surface area contributed by atoms with Crippen molar-refractivity contribution in [1.82, 2.24) is 4.90 Å². The highest BCUT2D eigenvalue weighted by Crippen LogP contribution is 2.37. The lowest BCUT2D eigenvalue weighted by Gasteiger charge is -2.31. The third-order valence-corrected chi connectivity index (χ3v) is 5.30. The third kappa shape index (κ3) is 3.14. The van der Waals surface area contributed by atoms with Crippen LogP contribution >= 0.6 is 27.3 Å². The van der Waals surface area contributed by atoms with Crippen molar-refractivity contribution in [2.24, 2.45) is 5.73 Å². The van der Waals surface area contributed by atoms with Crippen molar-refractivity contribution in [3.05, 3.63) is 56.7 Å². The molecule has 1 unspecified atom stereocenters. The van der Waals surface area contributed by atoms with Gasteiger partial charge in [-0.25, -0.2) is 0 Å². The predicted octanol–water partition coefficient (Wildman–Crippen LogP) is 4.18. The molecule has 2 N–H and O–H groups in total. The van der Waals surface area contributed by atoms with Crippen molar-refractivity contribution in [3.63, 3.8) is 0 Å². The Kier molecular flexibility index (Phi) is 4.56. The molecule has 106 valence electrons. The molecule has 1 saturated carbocycles. The van der Waals surface area contributed by atoms with E-state index in [0.29, 0.717) is 12.6 Å². The second-order valence-corrected chi connectivity index (χ2v) is 6.94. The van der Waals surface area contributed by atoms with E-state index in [1.807, 2.05) is 0 Å². The average Bonchev–Trinajstić information content (AvgIpc) is 3.18. The van der Waals surface area contributed by atoms with Gasteiger partial charge < -0.3 is 5.73 Å². The third-order valence-electron chi connectivity index (χ3n) is 3.85. The van der Waals surface area contributed by atoms with Crippen molar-refractivity contribution in [2.45, 2.75) is 31.5 Å². The molecule has 0 saturated heterocycles. The summed E-state index contributed by atoms with van der Waals surface area (Å²) in [6.07, 6.45) is 2.59. The molecule has 3 rings (SSSR count). The Morgan fingerprint density at radius 1 is 1.30 bits per heavy atom. The van der Waals surface area contributed by atoms with Gasteiger partial charge in [-0.1, -0.05) is 34.1 Å². The summed E-state index contributed by atoms with van der Waals surface area (Å²) in [5.41, 5.74) is 8.81. The minimum atomic E-state index is 0.290. The van der Waals surface area contributed by atoms with Crippen LogP contribution in [0.15, 0.2) is 45.6 Å². The number of nitrogens with two attached hydrogens (primary N) is 1. The molecule has 0 bridgehead atoms. The van der Waals surface area contributed by atoms with Gasteiger partial charge in [0.15, 0.2) is 0 Å². The van der Waals surface area contributed by atoms with Crippen molar-refractivity contribution in [2.75, 3.05) is 6.54 Å². The van der Waals surface area contributed by atoms with Crippen LogP contribution in [-0.2, 0) is 6.54 Å². The summed E-state index contributed by atoms with van der Waals surface area (Å²) >= 11 is 5.44. The lowest BCUT2D eigenvalue weighted by molar-refractivity contribution is 0.181. The molecule has 2 aromatic rings. The number of rotatable bonds is 6. The van der Waals surface area contributed by atoms with Crippen LogP contribution in [0.2, 0.25) is 0 Å². The SMILES string of the molecule is NCC(c1ccccc1Br)N(Cc1ccsc1)C1CC1. The zero-order valence-electron chi connectivity index (χ0n) is 11.3. The smallest absolute Gasteiger partial charge is 0.0488 e. The van der Waals surface area contributed by atoms with E-state index < -0.39 is 0 Å². The van der Waals surface area contributed by atoms with E-state index in [-0.39, 0.29) is 6.04 Å². The van der Waals surface area contributed by atoms with Crippen LogP contribution in [0.5, 0.6) is 0 Å². The first-order valence-electron chi connectivity index (χ1n) is 7.01. The Balaban J connectivity index is 1.86. The maximum Gasteiger partial charge on any atom is 0.0488 e. The first kappa shape index (κ1) is 14.3. The van der Waals surface area contributed by atoms with E-state index in [0.717, 1.165) is 11.0 Å². The van der Waals surface area contributed by atoms with E-state index in [2.05, 4.69) is 61.9 Å². The summed E-state index contributed by atoms with van der Waals surface area (Å²) in [5.74, 6) is 0. The van der Waals surface area contributed by atoms with Gasteiger partial charge in [0.1, 0.15) is 0 Å². The second-order valence-electron chi connectivity index (χ2n) is 5.31. The fraction of sp³-hybridized carbons (Fsp3) is 0.375. The molecule has 1 heterocycles. The Hall–Kier alpha value is -0.680. The highest BCUT2D eigenvalue weighted by molar-refractivity contribution is 9.10. The highest BCUT2D eigenvalue weighted by Gasteiger charge is 2.34. The van der Waals surface area contributed by atoms with Crippen molar-refractivity contribution in [3.8, 4) is 0 Å². The summed E-state index contributed by atoms with van der Waals surface area (Å²) in [6, 6.07) is 11.6. The van der Waals surface area contributed by atoms with E-state index in [4.69, 9.17) is 5.73 Å². The van der Waals surface area contributed by atoms with Gasteiger partial charge in [0.25, 0.3) is 0 Å². The first-order chi connectivity index (χ1) is 9.79. The van der Waals surface area contributed by atoms with E-state index in [1.54, 1.807) is 11.3 Å². The van der Waals surface area contributed by atoms with Gasteiger partial charge in [-0.15, -0.1) is 0 Å². The fourth-order valence-corrected chi connectivity index (χ4v) is 3.89. The summed E-state index contributed by atoms with van der Waals surface area (Å²) in [7, 11) is 0. The Bertz CT molecular complexity index is 551. The van der Waals surface area contributed by atoms with Crippen LogP contribution in [0.25, 0.3) is 0 Å². The predicted molar refractivity (Wildman–Crippen MR) is 88.8 cm³/mol. The number of thiophene rings is 1. The molecule has 1 aromatic carbocycles. The summed E-state index contributed by atoms with van der Waals surface area (Å²) in [6.45, 7) is 1.65. The quantitative estimate of drug-likeness (QED) is 0.846. The lowest BCUT2D eigenvalue weighted by atomic mass is 10.0. The number of nitrogens with zero attached hydrogens (tertiary/aromatic N) is 1. The minimum Gasteiger partial charge on any atom is -0.329 e. The van der Waals surface area contributed by atoms with E-state index >= 15 is 0 Å². The normalized spacial score (nSPS) is 16.6. The standard InChI is InChI=1S/C16H19BrN2S/c17-15-4-2-1-3-14(15)16(9-18)19(13-5-6-13)10-12-7-8-20-11-12/h1-4,7-8,11,13,16H,5-6,9-10,18H2. The second kappa shape index (κ2) is 6.39. The van der Waals surface area contributed by atoms with Gasteiger partial charge in [0.05, 0.1) is 0 Å². The number of benzene rings is 1. The van der Waals surface area contributed by atoms with Gasteiger partial charge in [-0.05, 0) is 46.9 Å². The molecule has 1 atom stereocenters. The van der Waals surface area contributed by atoms with Crippen LogP contribution in [0.1, 0.15) is 30.0 Å². The monoisotopic (exact) mass is 350 g/mol. The van der Waals surface area contributed by atoms with E-state index in [9.17, 15) is 0 Å². The van der Waals surface area contributed by atoms with E-state index in [1.165, 1.54) is 24.0 Å².